The van der Waals surface area contributed by atoms with E-state index >= 15 is 0 Å². The molecule has 0 radical (unpaired) electrons. The standard InChI is InChI=1S/C27H53N3O2/c1-4-5-6-7-8-9-10-11-12-13-14-15-16-17-20-29-26(31)25(22-23(2)3)30-27(32)24-19-18-21-28-24/h23-25,28H,4-22H2,1-3H3,(H,29,31)(H,30,32)/t24-,25+/m1/s1. The van der Waals surface area contributed by atoms with Crippen LogP contribution in [-0.2, 0) is 9.59 Å². The predicted molar refractivity (Wildman–Crippen MR) is 136 cm³/mol. The fourth-order valence-corrected chi connectivity index (χ4v) is 4.54. The summed E-state index contributed by atoms with van der Waals surface area (Å²) in [5, 5.41) is 9.24. The third-order valence-corrected chi connectivity index (χ3v) is 6.55. The molecule has 0 bridgehead atoms. The Bertz CT molecular complexity index is 476. The minimum atomic E-state index is -0.420. The van der Waals surface area contributed by atoms with Crippen LogP contribution >= 0.6 is 0 Å². The summed E-state index contributed by atoms with van der Waals surface area (Å²) in [4.78, 5) is 25.0. The molecule has 0 aromatic heterocycles. The van der Waals surface area contributed by atoms with Crippen LogP contribution in [0.3, 0.4) is 0 Å². The molecule has 0 spiro atoms. The van der Waals surface area contributed by atoms with Gasteiger partial charge in [-0.2, -0.15) is 0 Å². The molecule has 32 heavy (non-hydrogen) atoms. The molecule has 188 valence electrons. The quantitative estimate of drug-likeness (QED) is 0.203. The molecule has 0 aliphatic carbocycles. The Morgan fingerprint density at radius 3 is 1.84 bits per heavy atom. The molecular weight excluding hydrogens is 398 g/mol. The lowest BCUT2D eigenvalue weighted by molar-refractivity contribution is -0.130. The molecule has 2 amide bonds. The van der Waals surface area contributed by atoms with E-state index < -0.39 is 6.04 Å². The van der Waals surface area contributed by atoms with Crippen LogP contribution in [0.25, 0.3) is 0 Å². The number of unbranched alkanes of at least 4 members (excludes halogenated alkanes) is 13. The van der Waals surface area contributed by atoms with Gasteiger partial charge in [0.15, 0.2) is 0 Å². The van der Waals surface area contributed by atoms with Gasteiger partial charge in [-0.05, 0) is 38.1 Å². The third kappa shape index (κ3) is 14.9. The molecular formula is C27H53N3O2. The lowest BCUT2D eigenvalue weighted by Crippen LogP contribution is -2.52. The smallest absolute Gasteiger partial charge is 0.242 e. The average molecular weight is 452 g/mol. The monoisotopic (exact) mass is 451 g/mol. The highest BCUT2D eigenvalue weighted by molar-refractivity contribution is 5.89. The summed E-state index contributed by atoms with van der Waals surface area (Å²) in [6.07, 6.45) is 21.3. The van der Waals surface area contributed by atoms with E-state index in [2.05, 4.69) is 36.7 Å². The predicted octanol–water partition coefficient (Wildman–Crippen LogP) is 5.87. The molecule has 5 heteroatoms. The van der Waals surface area contributed by atoms with Gasteiger partial charge < -0.3 is 16.0 Å². The molecule has 1 rings (SSSR count). The zero-order valence-electron chi connectivity index (χ0n) is 21.5. The lowest BCUT2D eigenvalue weighted by atomic mass is 10.0. The van der Waals surface area contributed by atoms with Gasteiger partial charge in [0.2, 0.25) is 11.8 Å². The first-order valence-corrected chi connectivity index (χ1v) is 13.9. The van der Waals surface area contributed by atoms with Crippen LogP contribution in [0.1, 0.15) is 130 Å². The van der Waals surface area contributed by atoms with Crippen molar-refractivity contribution in [3.63, 3.8) is 0 Å². The molecule has 1 saturated heterocycles. The van der Waals surface area contributed by atoms with E-state index in [1.807, 2.05) is 0 Å². The number of carbonyl (C=O) groups is 2. The van der Waals surface area contributed by atoms with Crippen LogP contribution in [-0.4, -0.2) is 37.0 Å². The van der Waals surface area contributed by atoms with Crippen LogP contribution in [0, 0.1) is 5.92 Å². The van der Waals surface area contributed by atoms with Gasteiger partial charge in [-0.15, -0.1) is 0 Å². The molecule has 1 aliphatic heterocycles. The van der Waals surface area contributed by atoms with Crippen LogP contribution in [0.5, 0.6) is 0 Å². The van der Waals surface area contributed by atoms with Crippen LogP contribution in [0.15, 0.2) is 0 Å². The van der Waals surface area contributed by atoms with Crippen LogP contribution < -0.4 is 16.0 Å². The van der Waals surface area contributed by atoms with Gasteiger partial charge in [0.05, 0.1) is 6.04 Å². The second-order valence-corrected chi connectivity index (χ2v) is 10.2. The van der Waals surface area contributed by atoms with E-state index in [9.17, 15) is 9.59 Å². The second kappa shape index (κ2) is 19.4. The molecule has 0 aromatic carbocycles. The van der Waals surface area contributed by atoms with Crippen molar-refractivity contribution in [2.45, 2.75) is 142 Å². The molecule has 5 nitrogen and oxygen atoms in total. The highest BCUT2D eigenvalue weighted by Crippen LogP contribution is 2.13. The van der Waals surface area contributed by atoms with Crippen molar-refractivity contribution < 1.29 is 9.59 Å². The van der Waals surface area contributed by atoms with Crippen molar-refractivity contribution in [2.24, 2.45) is 5.92 Å². The number of hydrogen-bond donors (Lipinski definition) is 3. The zero-order valence-corrected chi connectivity index (χ0v) is 21.5. The maximum absolute atomic E-state index is 12.6. The van der Waals surface area contributed by atoms with Gasteiger partial charge in [0.1, 0.15) is 6.04 Å². The van der Waals surface area contributed by atoms with E-state index in [0.29, 0.717) is 18.9 Å². The molecule has 3 N–H and O–H groups in total. The average Bonchev–Trinajstić information content (AvgIpc) is 3.30. The molecule has 1 fully saturated rings. The van der Waals surface area contributed by atoms with Gasteiger partial charge in [-0.25, -0.2) is 0 Å². The Kier molecular flexibility index (Phi) is 17.5. The Labute approximate surface area is 198 Å². The largest absolute Gasteiger partial charge is 0.354 e. The fourth-order valence-electron chi connectivity index (χ4n) is 4.54. The molecule has 0 aromatic rings. The maximum Gasteiger partial charge on any atom is 0.242 e. The van der Waals surface area contributed by atoms with Gasteiger partial charge in [-0.1, -0.05) is 104 Å². The number of amides is 2. The third-order valence-electron chi connectivity index (χ3n) is 6.55. The Morgan fingerprint density at radius 2 is 1.38 bits per heavy atom. The number of nitrogens with one attached hydrogen (secondary N) is 3. The van der Waals surface area contributed by atoms with Crippen molar-refractivity contribution in [2.75, 3.05) is 13.1 Å². The second-order valence-electron chi connectivity index (χ2n) is 10.2. The Hall–Kier alpha value is -1.10. The van der Waals surface area contributed by atoms with Crippen molar-refractivity contribution in [3.05, 3.63) is 0 Å². The van der Waals surface area contributed by atoms with E-state index in [4.69, 9.17) is 0 Å². The molecule has 1 heterocycles. The number of hydrogen-bond acceptors (Lipinski definition) is 3. The van der Waals surface area contributed by atoms with Gasteiger partial charge in [0, 0.05) is 6.54 Å². The summed E-state index contributed by atoms with van der Waals surface area (Å²) in [6, 6.07) is -0.556. The molecule has 2 atom stereocenters. The summed E-state index contributed by atoms with van der Waals surface area (Å²) in [5.74, 6) is 0.308. The van der Waals surface area contributed by atoms with Crippen molar-refractivity contribution >= 4 is 11.8 Å². The molecule has 1 aliphatic rings. The van der Waals surface area contributed by atoms with Gasteiger partial charge in [0.25, 0.3) is 0 Å². The number of carbonyl (C=O) groups excluding carboxylic acids is 2. The number of rotatable bonds is 20. The highest BCUT2D eigenvalue weighted by Gasteiger charge is 2.27. The summed E-state index contributed by atoms with van der Waals surface area (Å²) < 4.78 is 0. The Balaban J connectivity index is 2.01. The molecule has 0 saturated carbocycles. The first-order chi connectivity index (χ1) is 15.5. The van der Waals surface area contributed by atoms with Crippen LogP contribution in [0.2, 0.25) is 0 Å². The first-order valence-electron chi connectivity index (χ1n) is 13.9. The first kappa shape index (κ1) is 28.9. The lowest BCUT2D eigenvalue weighted by Gasteiger charge is -2.22. The SMILES string of the molecule is CCCCCCCCCCCCCCCCNC(=O)[C@H](CC(C)C)NC(=O)[C@H]1CCCN1. The highest BCUT2D eigenvalue weighted by atomic mass is 16.2. The van der Waals surface area contributed by atoms with Crippen molar-refractivity contribution in [1.82, 2.24) is 16.0 Å². The van der Waals surface area contributed by atoms with Crippen molar-refractivity contribution in [1.29, 1.82) is 0 Å². The molecule has 0 unspecified atom stereocenters. The minimum absolute atomic E-state index is 0.0280. The minimum Gasteiger partial charge on any atom is -0.354 e. The summed E-state index contributed by atoms with van der Waals surface area (Å²) >= 11 is 0. The summed E-state index contributed by atoms with van der Waals surface area (Å²) in [5.41, 5.74) is 0. The van der Waals surface area contributed by atoms with E-state index in [0.717, 1.165) is 25.8 Å². The zero-order chi connectivity index (χ0) is 23.4. The van der Waals surface area contributed by atoms with E-state index in [1.165, 1.54) is 83.5 Å². The van der Waals surface area contributed by atoms with Gasteiger partial charge >= 0.3 is 0 Å². The van der Waals surface area contributed by atoms with Crippen LogP contribution in [0.4, 0.5) is 0 Å². The van der Waals surface area contributed by atoms with E-state index in [-0.39, 0.29) is 17.9 Å². The van der Waals surface area contributed by atoms with E-state index in [1.54, 1.807) is 0 Å². The van der Waals surface area contributed by atoms with Crippen molar-refractivity contribution in [3.8, 4) is 0 Å². The maximum atomic E-state index is 12.6. The van der Waals surface area contributed by atoms with Gasteiger partial charge in [-0.3, -0.25) is 9.59 Å². The summed E-state index contributed by atoms with van der Waals surface area (Å²) in [7, 11) is 0. The topological polar surface area (TPSA) is 70.2 Å². The Morgan fingerprint density at radius 1 is 0.844 bits per heavy atom. The fraction of sp³-hybridized carbons (Fsp3) is 0.926. The normalized spacial score (nSPS) is 16.9. The summed E-state index contributed by atoms with van der Waals surface area (Å²) in [6.45, 7) is 8.06.